The van der Waals surface area contributed by atoms with Gasteiger partial charge in [0, 0.05) is 12.8 Å². The van der Waals surface area contributed by atoms with Gasteiger partial charge in [0.15, 0.2) is 0 Å². The SMILES string of the molecule is C.C.C.CCC.CCC.CCC(C)=O.CCC(C)=O.CCI.[CH3-].[I][V]([I])[I]. The van der Waals surface area contributed by atoms with Crippen molar-refractivity contribution in [2.75, 3.05) is 4.43 Å². The average Bonchev–Trinajstić information content (AvgIpc) is 2.41. The zero-order valence-corrected chi connectivity index (χ0v) is 27.3. The van der Waals surface area contributed by atoms with Gasteiger partial charge in [0.05, 0.1) is 0 Å². The molecule has 0 unspecified atom stereocenters. The number of carbonyl (C=O) groups is 2. The molecule has 7 heteroatoms. The van der Waals surface area contributed by atoms with E-state index in [9.17, 15) is 9.59 Å². The minimum absolute atomic E-state index is 0. The zero-order chi connectivity index (χ0) is 20.3. The van der Waals surface area contributed by atoms with E-state index >= 15 is 0 Å². The Balaban J connectivity index is -0.0000000158. The molecule has 0 aromatic carbocycles. The molecule has 0 saturated heterocycles. The van der Waals surface area contributed by atoms with Crippen molar-refractivity contribution in [2.45, 2.75) is 110 Å². The molecule has 0 aromatic heterocycles. The Morgan fingerprint density at radius 2 is 0.704 bits per heavy atom. The van der Waals surface area contributed by atoms with Crippen molar-refractivity contribution >= 4 is 94.1 Å². The van der Waals surface area contributed by atoms with Gasteiger partial charge in [-0.1, -0.05) is 106 Å². The van der Waals surface area contributed by atoms with Crippen molar-refractivity contribution in [3.8, 4) is 0 Å². The van der Waals surface area contributed by atoms with E-state index in [1.165, 1.54) is 17.3 Å². The van der Waals surface area contributed by atoms with Crippen molar-refractivity contribution in [3.63, 3.8) is 0 Å². The second-order valence-electron chi connectivity index (χ2n) is 3.98. The second-order valence-corrected chi connectivity index (χ2v) is 40.9. The summed E-state index contributed by atoms with van der Waals surface area (Å²) in [6, 6.07) is 0. The van der Waals surface area contributed by atoms with Crippen LogP contribution < -0.4 is 0 Å². The van der Waals surface area contributed by atoms with Gasteiger partial charge in [-0.3, -0.25) is 0 Å². The molecule has 0 saturated carbocycles. The molecular weight excluding hydrogens is 831 g/mol. The van der Waals surface area contributed by atoms with Crippen LogP contribution in [0.15, 0.2) is 0 Å². The first-order valence-electron chi connectivity index (χ1n) is 7.84. The van der Waals surface area contributed by atoms with Gasteiger partial charge in [-0.05, 0) is 18.3 Å². The molecule has 0 aliphatic carbocycles. The normalized spacial score (nSPS) is 6.15. The summed E-state index contributed by atoms with van der Waals surface area (Å²) in [5.41, 5.74) is 0. The predicted octanol–water partition coefficient (Wildman–Crippen LogP) is 11.3. The summed E-state index contributed by atoms with van der Waals surface area (Å²) in [6.07, 6.45) is 3.83. The monoisotopic (exact) mass is 883 g/mol. The topological polar surface area (TPSA) is 34.1 Å². The molecule has 27 heavy (non-hydrogen) atoms. The molecule has 0 fully saturated rings. The number of ketones is 2. The van der Waals surface area contributed by atoms with Crippen LogP contribution in [-0.4, -0.2) is 16.0 Å². The molecule has 0 amide bonds. The Bertz CT molecular complexity index is 173. The number of hydrogen-bond donors (Lipinski definition) is 0. The van der Waals surface area contributed by atoms with Crippen molar-refractivity contribution in [2.24, 2.45) is 0 Å². The van der Waals surface area contributed by atoms with Gasteiger partial charge in [-0.25, -0.2) is 0 Å². The second kappa shape index (κ2) is 78.8. The third-order valence-electron chi connectivity index (χ3n) is 0.996. The summed E-state index contributed by atoms with van der Waals surface area (Å²) in [4.78, 5) is 19.3. The molecular formula is C20H52I4O2V-. The molecule has 0 atom stereocenters. The fourth-order valence-electron chi connectivity index (χ4n) is 0. The molecule has 0 aliphatic heterocycles. The number of hydrogen-bond acceptors (Lipinski definition) is 2. The van der Waals surface area contributed by atoms with E-state index in [1.54, 1.807) is 13.8 Å². The standard InChI is InChI=1S/2C4H8O.2C3H8.C2H5I.3CH4.CH3.3HI.V/c2*1-3-4(2)5;2*1-3-2;1-2-3;;;;;;;;/h2*3H2,1-2H3;2*3H2,1-2H3;2H2,1H3;3*1H4;1H3;3*1H;/q;;;;;;;;-1;;;;+3/p-3. The Labute approximate surface area is 227 Å². The van der Waals surface area contributed by atoms with E-state index in [2.05, 4.69) is 117 Å². The zero-order valence-electron chi connectivity index (χ0n) is 17.3. The van der Waals surface area contributed by atoms with Crippen LogP contribution in [0, 0.1) is 7.43 Å². The Hall–Kier alpha value is 2.84. The fraction of sp³-hybridized carbons (Fsp3) is 0.850. The number of alkyl halides is 1. The van der Waals surface area contributed by atoms with Gasteiger partial charge in [-0.15, -0.1) is 0 Å². The third-order valence-corrected chi connectivity index (χ3v) is 0.996. The van der Waals surface area contributed by atoms with Gasteiger partial charge in [-0.2, -0.15) is 0 Å². The van der Waals surface area contributed by atoms with E-state index < -0.39 is 0 Å². The predicted molar refractivity (Wildman–Crippen MR) is 167 cm³/mol. The number of carbonyl (C=O) groups excluding carboxylic acids is 2. The van der Waals surface area contributed by atoms with E-state index in [-0.39, 0.29) is 46.2 Å². The molecule has 2 nitrogen and oxygen atoms in total. The van der Waals surface area contributed by atoms with E-state index in [0.717, 1.165) is 0 Å². The fourth-order valence-corrected chi connectivity index (χ4v) is 0. The van der Waals surface area contributed by atoms with Crippen LogP contribution in [0.25, 0.3) is 0 Å². The molecule has 0 heterocycles. The molecule has 0 spiro atoms. The number of Topliss-reactive ketones (excluding diaryl/α,β-unsaturated/α-hetero) is 2. The first-order chi connectivity index (χ1) is 10.5. The van der Waals surface area contributed by atoms with E-state index in [4.69, 9.17) is 0 Å². The summed E-state index contributed by atoms with van der Waals surface area (Å²) in [7, 11) is 0. The van der Waals surface area contributed by atoms with Gasteiger partial charge in [0.25, 0.3) is 0 Å². The summed E-state index contributed by atoms with van der Waals surface area (Å²) < 4.78 is 1.22. The van der Waals surface area contributed by atoms with Crippen molar-refractivity contribution in [1.29, 1.82) is 0 Å². The molecule has 0 radical (unpaired) electrons. The molecule has 0 rings (SSSR count). The van der Waals surface area contributed by atoms with Gasteiger partial charge in [0.1, 0.15) is 11.6 Å². The Morgan fingerprint density at radius 3 is 0.704 bits per heavy atom. The summed E-state index contributed by atoms with van der Waals surface area (Å²) in [6.45, 7) is 17.5. The quantitative estimate of drug-likeness (QED) is 0.157. The van der Waals surface area contributed by atoms with E-state index in [1.807, 2.05) is 13.8 Å². The molecule has 0 aromatic rings. The van der Waals surface area contributed by atoms with Crippen molar-refractivity contribution in [3.05, 3.63) is 7.43 Å². The summed E-state index contributed by atoms with van der Waals surface area (Å²) >= 11 is 9.68. The van der Waals surface area contributed by atoms with Gasteiger partial charge >= 0.3 is 64.9 Å². The maximum absolute atomic E-state index is 9.81. The van der Waals surface area contributed by atoms with Gasteiger partial charge < -0.3 is 17.0 Å². The van der Waals surface area contributed by atoms with Crippen LogP contribution in [-0.2, 0) is 14.5 Å². The van der Waals surface area contributed by atoms with Crippen molar-refractivity contribution < 1.29 is 14.5 Å². The molecule has 0 N–H and O–H groups in total. The summed E-state index contributed by atoms with van der Waals surface area (Å²) in [5.74, 6) is 0.509. The Kier molecular flexibility index (Phi) is 184. The molecule has 0 bridgehead atoms. The average molecular weight is 883 g/mol. The van der Waals surface area contributed by atoms with Crippen molar-refractivity contribution in [1.82, 2.24) is 0 Å². The van der Waals surface area contributed by atoms with Crippen LogP contribution >= 0.6 is 82.5 Å². The maximum atomic E-state index is 9.81. The number of halogens is 4. The minimum atomic E-state index is -0.278. The molecule has 0 aliphatic rings. The molecule has 178 valence electrons. The van der Waals surface area contributed by atoms with Crippen LogP contribution in [0.4, 0.5) is 0 Å². The van der Waals surface area contributed by atoms with E-state index in [0.29, 0.717) is 12.8 Å². The van der Waals surface area contributed by atoms with Crippen LogP contribution in [0.1, 0.15) is 110 Å². The first kappa shape index (κ1) is 63.1. The van der Waals surface area contributed by atoms with Crippen LogP contribution in [0.2, 0.25) is 0 Å². The summed E-state index contributed by atoms with van der Waals surface area (Å²) in [5, 5.41) is 0. The third kappa shape index (κ3) is 444. The van der Waals surface area contributed by atoms with Crippen LogP contribution in [0.5, 0.6) is 0 Å². The van der Waals surface area contributed by atoms with Gasteiger partial charge in [0.2, 0.25) is 0 Å². The van der Waals surface area contributed by atoms with Crippen LogP contribution in [0.3, 0.4) is 0 Å². The Morgan fingerprint density at radius 1 is 0.667 bits per heavy atom. The number of rotatable bonds is 2. The first-order valence-corrected chi connectivity index (χ1v) is 22.9.